The molecule has 0 amide bonds. The molecule has 1 aromatic carbocycles. The maximum Gasteiger partial charge on any atom is 0.0636 e. The zero-order valence-electron chi connectivity index (χ0n) is 9.54. The fourth-order valence-corrected chi connectivity index (χ4v) is 1.81. The molecule has 0 aliphatic rings. The van der Waals surface area contributed by atoms with Crippen molar-refractivity contribution < 1.29 is 5.11 Å². The third kappa shape index (κ3) is 6.23. The molecular weight excluding hydrogens is 268 g/mol. The molecule has 3 N–H and O–H groups in total. The fourth-order valence-electron chi connectivity index (χ4n) is 1.37. The van der Waals surface area contributed by atoms with Gasteiger partial charge in [0.2, 0.25) is 0 Å². The molecule has 0 radical (unpaired) electrons. The largest absolute Gasteiger partial charge is 0.392 e. The predicted molar refractivity (Wildman–Crippen MR) is 70.4 cm³/mol. The molecular formula is C12H19BrN2O. The molecule has 1 aromatic rings. The summed E-state index contributed by atoms with van der Waals surface area (Å²) in [6.07, 6.45) is -0.273. The van der Waals surface area contributed by atoms with Crippen molar-refractivity contribution in [2.75, 3.05) is 19.6 Å². The van der Waals surface area contributed by atoms with Crippen LogP contribution in [0.15, 0.2) is 28.7 Å². The van der Waals surface area contributed by atoms with Gasteiger partial charge in [-0.2, -0.15) is 0 Å². The van der Waals surface area contributed by atoms with Crippen LogP contribution in [0.4, 0.5) is 0 Å². The monoisotopic (exact) mass is 286 g/mol. The highest BCUT2D eigenvalue weighted by atomic mass is 79.9. The van der Waals surface area contributed by atoms with Crippen LogP contribution in [0, 0.1) is 0 Å². The minimum atomic E-state index is -0.273. The summed E-state index contributed by atoms with van der Waals surface area (Å²) in [5.41, 5.74) is 1.27. The van der Waals surface area contributed by atoms with Crippen LogP contribution in [0.2, 0.25) is 0 Å². The predicted octanol–water partition coefficient (Wildman–Crippen LogP) is 1.51. The number of hydrogen-bond acceptors (Lipinski definition) is 3. The minimum absolute atomic E-state index is 0.273. The van der Waals surface area contributed by atoms with Gasteiger partial charge in [-0.05, 0) is 24.6 Å². The van der Waals surface area contributed by atoms with Gasteiger partial charge >= 0.3 is 0 Å². The van der Waals surface area contributed by atoms with E-state index in [1.54, 1.807) is 6.92 Å². The maximum atomic E-state index is 9.03. The first-order chi connectivity index (χ1) is 7.68. The summed E-state index contributed by atoms with van der Waals surface area (Å²) in [7, 11) is 0. The van der Waals surface area contributed by atoms with Crippen LogP contribution < -0.4 is 10.6 Å². The highest BCUT2D eigenvalue weighted by molar-refractivity contribution is 9.10. The van der Waals surface area contributed by atoms with E-state index in [9.17, 15) is 0 Å². The summed E-state index contributed by atoms with van der Waals surface area (Å²) in [6.45, 7) is 5.08. The number of halogens is 1. The van der Waals surface area contributed by atoms with Crippen LogP contribution in [0.5, 0.6) is 0 Å². The summed E-state index contributed by atoms with van der Waals surface area (Å²) in [5.74, 6) is 0. The highest BCUT2D eigenvalue weighted by Crippen LogP contribution is 2.10. The van der Waals surface area contributed by atoms with E-state index in [4.69, 9.17) is 5.11 Å². The molecule has 0 aliphatic carbocycles. The van der Waals surface area contributed by atoms with Gasteiger partial charge in [0.1, 0.15) is 0 Å². The summed E-state index contributed by atoms with van der Waals surface area (Å²) in [5, 5.41) is 15.5. The maximum absolute atomic E-state index is 9.03. The molecule has 0 saturated heterocycles. The molecule has 0 fully saturated rings. The number of aliphatic hydroxyl groups is 1. The SMILES string of the molecule is C[C@@H](O)CNCCNCc1cccc(Br)c1. The molecule has 1 rings (SSSR count). The first-order valence-electron chi connectivity index (χ1n) is 5.52. The molecule has 4 heteroatoms. The number of aliphatic hydroxyl groups excluding tert-OH is 1. The lowest BCUT2D eigenvalue weighted by Gasteiger charge is -2.08. The lowest BCUT2D eigenvalue weighted by atomic mass is 10.2. The van der Waals surface area contributed by atoms with E-state index in [1.807, 2.05) is 12.1 Å². The smallest absolute Gasteiger partial charge is 0.0636 e. The van der Waals surface area contributed by atoms with Crippen molar-refractivity contribution in [2.24, 2.45) is 0 Å². The average molecular weight is 287 g/mol. The molecule has 0 spiro atoms. The number of benzene rings is 1. The zero-order valence-corrected chi connectivity index (χ0v) is 11.1. The zero-order chi connectivity index (χ0) is 11.8. The second-order valence-corrected chi connectivity index (χ2v) is 4.78. The number of hydrogen-bond donors (Lipinski definition) is 3. The standard InChI is InChI=1S/C12H19BrN2O/c1-10(16)8-14-5-6-15-9-11-3-2-4-12(13)7-11/h2-4,7,10,14-16H,5-6,8-9H2,1H3/t10-/m1/s1. The highest BCUT2D eigenvalue weighted by Gasteiger charge is 1.95. The molecule has 0 unspecified atom stereocenters. The van der Waals surface area contributed by atoms with Crippen molar-refractivity contribution in [2.45, 2.75) is 19.6 Å². The van der Waals surface area contributed by atoms with Gasteiger partial charge in [-0.1, -0.05) is 28.1 Å². The van der Waals surface area contributed by atoms with Gasteiger partial charge in [0.15, 0.2) is 0 Å². The first kappa shape index (κ1) is 13.6. The van der Waals surface area contributed by atoms with Crippen molar-refractivity contribution in [1.82, 2.24) is 10.6 Å². The topological polar surface area (TPSA) is 44.3 Å². The fraction of sp³-hybridized carbons (Fsp3) is 0.500. The van der Waals surface area contributed by atoms with E-state index in [0.29, 0.717) is 6.54 Å². The quantitative estimate of drug-likeness (QED) is 0.666. The van der Waals surface area contributed by atoms with Crippen LogP contribution in [0.25, 0.3) is 0 Å². The van der Waals surface area contributed by atoms with E-state index >= 15 is 0 Å². The molecule has 0 heterocycles. The van der Waals surface area contributed by atoms with Crippen molar-refractivity contribution in [3.63, 3.8) is 0 Å². The van der Waals surface area contributed by atoms with Gasteiger partial charge in [0.05, 0.1) is 6.10 Å². The Hall–Kier alpha value is -0.420. The molecule has 3 nitrogen and oxygen atoms in total. The second kappa shape index (κ2) is 7.79. The Morgan fingerprint density at radius 2 is 2.06 bits per heavy atom. The molecule has 16 heavy (non-hydrogen) atoms. The number of nitrogens with one attached hydrogen (secondary N) is 2. The summed E-state index contributed by atoms with van der Waals surface area (Å²) < 4.78 is 1.11. The van der Waals surface area contributed by atoms with E-state index in [-0.39, 0.29) is 6.10 Å². The van der Waals surface area contributed by atoms with E-state index < -0.39 is 0 Å². The lowest BCUT2D eigenvalue weighted by molar-refractivity contribution is 0.191. The minimum Gasteiger partial charge on any atom is -0.392 e. The Bertz CT molecular complexity index is 305. The van der Waals surface area contributed by atoms with Gasteiger partial charge in [-0.25, -0.2) is 0 Å². The Labute approximate surface area is 105 Å². The molecule has 1 atom stereocenters. The third-order valence-corrected chi connectivity index (χ3v) is 2.63. The van der Waals surface area contributed by atoms with Crippen molar-refractivity contribution >= 4 is 15.9 Å². The van der Waals surface area contributed by atoms with Gasteiger partial charge in [0, 0.05) is 30.7 Å². The molecule has 0 aromatic heterocycles. The van der Waals surface area contributed by atoms with Crippen LogP contribution >= 0.6 is 15.9 Å². The Morgan fingerprint density at radius 1 is 1.31 bits per heavy atom. The Balaban J connectivity index is 2.07. The number of rotatable bonds is 7. The summed E-state index contributed by atoms with van der Waals surface area (Å²) in [4.78, 5) is 0. The van der Waals surface area contributed by atoms with Crippen molar-refractivity contribution in [3.8, 4) is 0 Å². The Morgan fingerprint density at radius 3 is 2.75 bits per heavy atom. The molecule has 0 bridgehead atoms. The normalized spacial score (nSPS) is 12.7. The molecule has 90 valence electrons. The average Bonchev–Trinajstić information content (AvgIpc) is 2.23. The Kier molecular flexibility index (Phi) is 6.64. The van der Waals surface area contributed by atoms with Gasteiger partial charge < -0.3 is 15.7 Å². The first-order valence-corrected chi connectivity index (χ1v) is 6.31. The lowest BCUT2D eigenvalue weighted by Crippen LogP contribution is -2.31. The van der Waals surface area contributed by atoms with Crippen molar-refractivity contribution in [3.05, 3.63) is 34.3 Å². The van der Waals surface area contributed by atoms with Crippen LogP contribution in [0.1, 0.15) is 12.5 Å². The summed E-state index contributed by atoms with van der Waals surface area (Å²) >= 11 is 3.44. The van der Waals surface area contributed by atoms with E-state index in [1.165, 1.54) is 5.56 Å². The molecule has 0 saturated carbocycles. The van der Waals surface area contributed by atoms with Gasteiger partial charge in [0.25, 0.3) is 0 Å². The van der Waals surface area contributed by atoms with Crippen LogP contribution in [0.3, 0.4) is 0 Å². The molecule has 0 aliphatic heterocycles. The third-order valence-electron chi connectivity index (χ3n) is 2.14. The van der Waals surface area contributed by atoms with Crippen molar-refractivity contribution in [1.29, 1.82) is 0 Å². The van der Waals surface area contributed by atoms with E-state index in [0.717, 1.165) is 24.1 Å². The second-order valence-electron chi connectivity index (χ2n) is 3.86. The van der Waals surface area contributed by atoms with Gasteiger partial charge in [-0.3, -0.25) is 0 Å². The van der Waals surface area contributed by atoms with E-state index in [2.05, 4.69) is 38.7 Å². The van der Waals surface area contributed by atoms with Gasteiger partial charge in [-0.15, -0.1) is 0 Å². The van der Waals surface area contributed by atoms with Crippen LogP contribution in [-0.4, -0.2) is 30.8 Å². The van der Waals surface area contributed by atoms with Crippen LogP contribution in [-0.2, 0) is 6.54 Å². The summed E-state index contributed by atoms with van der Waals surface area (Å²) in [6, 6.07) is 8.26.